The molecule has 26 heavy (non-hydrogen) atoms. The van der Waals surface area contributed by atoms with Gasteiger partial charge in [-0.1, -0.05) is 0 Å². The van der Waals surface area contributed by atoms with Gasteiger partial charge in [0.05, 0.1) is 11.4 Å². The Morgan fingerprint density at radius 3 is 1.92 bits per heavy atom. The predicted molar refractivity (Wildman–Crippen MR) is 81.6 cm³/mol. The minimum atomic E-state index is -1.76. The van der Waals surface area contributed by atoms with E-state index in [9.17, 15) is 31.5 Å². The summed E-state index contributed by atoms with van der Waals surface area (Å²) in [5.41, 5.74) is -2.55. The Bertz CT molecular complexity index is 912. The molecular formula is C17H11F5N2O2. The number of anilines is 2. The summed E-state index contributed by atoms with van der Waals surface area (Å²) in [7, 11) is 0. The molecule has 9 heteroatoms. The van der Waals surface area contributed by atoms with Crippen molar-refractivity contribution < 1.29 is 31.5 Å². The van der Waals surface area contributed by atoms with Crippen LogP contribution in [-0.4, -0.2) is 11.8 Å². The van der Waals surface area contributed by atoms with Crippen LogP contribution in [-0.2, 0) is 9.59 Å². The molecule has 0 bridgehead atoms. The van der Waals surface area contributed by atoms with Gasteiger partial charge in [0.1, 0.15) is 17.0 Å². The lowest BCUT2D eigenvalue weighted by Crippen LogP contribution is -2.36. The fraction of sp³-hybridized carbons (Fsp3) is 0.176. The van der Waals surface area contributed by atoms with Crippen molar-refractivity contribution >= 4 is 23.2 Å². The van der Waals surface area contributed by atoms with Gasteiger partial charge in [-0.2, -0.15) is 0 Å². The van der Waals surface area contributed by atoms with Crippen LogP contribution >= 0.6 is 0 Å². The highest BCUT2D eigenvalue weighted by Gasteiger charge is 2.56. The number of amides is 2. The maximum atomic E-state index is 13.7. The largest absolute Gasteiger partial charge is 0.323 e. The van der Waals surface area contributed by atoms with Crippen LogP contribution in [0.15, 0.2) is 30.3 Å². The Hall–Kier alpha value is -2.97. The maximum Gasteiger partial charge on any atom is 0.240 e. The smallest absolute Gasteiger partial charge is 0.240 e. The molecule has 0 aromatic heterocycles. The van der Waals surface area contributed by atoms with E-state index in [1.54, 1.807) is 0 Å². The van der Waals surface area contributed by atoms with Crippen molar-refractivity contribution in [3.8, 4) is 0 Å². The molecule has 2 amide bonds. The lowest BCUT2D eigenvalue weighted by atomic mass is 10.0. The van der Waals surface area contributed by atoms with Crippen molar-refractivity contribution in [2.45, 2.75) is 12.8 Å². The second-order valence-electron chi connectivity index (χ2n) is 5.84. The lowest BCUT2D eigenvalue weighted by molar-refractivity contribution is -0.131. The summed E-state index contributed by atoms with van der Waals surface area (Å²) in [6.45, 7) is 0. The number of rotatable bonds is 4. The van der Waals surface area contributed by atoms with E-state index in [0.29, 0.717) is 12.1 Å². The number of benzene rings is 2. The van der Waals surface area contributed by atoms with Gasteiger partial charge in [-0.05, 0) is 37.1 Å². The first-order valence-corrected chi connectivity index (χ1v) is 7.46. The number of nitrogens with one attached hydrogen (secondary N) is 2. The third-order valence-electron chi connectivity index (χ3n) is 4.08. The van der Waals surface area contributed by atoms with Gasteiger partial charge in [-0.3, -0.25) is 9.59 Å². The summed E-state index contributed by atoms with van der Waals surface area (Å²) in [4.78, 5) is 24.6. The van der Waals surface area contributed by atoms with Crippen molar-refractivity contribution in [3.63, 3.8) is 0 Å². The van der Waals surface area contributed by atoms with Gasteiger partial charge in [0.25, 0.3) is 0 Å². The van der Waals surface area contributed by atoms with Crippen molar-refractivity contribution in [1.82, 2.24) is 0 Å². The first kappa shape index (κ1) is 17.8. The zero-order valence-corrected chi connectivity index (χ0v) is 13.0. The molecule has 0 saturated heterocycles. The van der Waals surface area contributed by atoms with Gasteiger partial charge < -0.3 is 10.6 Å². The Morgan fingerprint density at radius 2 is 1.35 bits per heavy atom. The van der Waals surface area contributed by atoms with E-state index in [0.717, 1.165) is 18.2 Å². The number of carbonyl (C=O) groups excluding carboxylic acids is 2. The second kappa shape index (κ2) is 6.40. The first-order valence-electron chi connectivity index (χ1n) is 7.46. The SMILES string of the molecule is O=C(Nc1ccc(F)cc1F)C1(C(=O)Nc2ccc(F)c(F)c2F)CC1. The van der Waals surface area contributed by atoms with Crippen LogP contribution in [0.5, 0.6) is 0 Å². The average molecular weight is 370 g/mol. The molecule has 0 spiro atoms. The highest BCUT2D eigenvalue weighted by atomic mass is 19.2. The standard InChI is InChI=1S/C17H11F5N2O2/c18-8-1-3-11(10(20)7-8)23-15(25)17(5-6-17)16(26)24-12-4-2-9(19)13(21)14(12)22/h1-4,7H,5-6H2,(H,23,25)(H,24,26). The molecule has 1 saturated carbocycles. The number of hydrogen-bond donors (Lipinski definition) is 2. The molecule has 2 aromatic rings. The molecule has 0 atom stereocenters. The molecule has 1 aliphatic rings. The molecule has 3 rings (SSSR count). The Morgan fingerprint density at radius 1 is 0.769 bits per heavy atom. The minimum absolute atomic E-state index is 0.0960. The lowest BCUT2D eigenvalue weighted by Gasteiger charge is -2.16. The first-order chi connectivity index (χ1) is 12.2. The maximum absolute atomic E-state index is 13.7. The highest BCUT2D eigenvalue weighted by molar-refractivity contribution is 6.16. The zero-order chi connectivity index (χ0) is 19.1. The van der Waals surface area contributed by atoms with E-state index in [1.807, 2.05) is 5.32 Å². The molecule has 0 heterocycles. The fourth-order valence-corrected chi connectivity index (χ4v) is 2.38. The summed E-state index contributed by atoms with van der Waals surface area (Å²) in [6.07, 6.45) is 0.192. The van der Waals surface area contributed by atoms with E-state index in [1.165, 1.54) is 0 Å². The van der Waals surface area contributed by atoms with E-state index < -0.39 is 52.0 Å². The molecule has 0 radical (unpaired) electrons. The summed E-state index contributed by atoms with van der Waals surface area (Å²) >= 11 is 0. The Balaban J connectivity index is 1.77. The number of hydrogen-bond acceptors (Lipinski definition) is 2. The van der Waals surface area contributed by atoms with Crippen LogP contribution in [0.1, 0.15) is 12.8 Å². The summed E-state index contributed by atoms with van der Waals surface area (Å²) < 4.78 is 66.3. The van der Waals surface area contributed by atoms with E-state index in [4.69, 9.17) is 0 Å². The van der Waals surface area contributed by atoms with Crippen molar-refractivity contribution in [3.05, 3.63) is 59.4 Å². The summed E-state index contributed by atoms with van der Waals surface area (Å²) in [5, 5.41) is 4.21. The fourth-order valence-electron chi connectivity index (χ4n) is 2.38. The molecule has 136 valence electrons. The van der Waals surface area contributed by atoms with Crippen molar-refractivity contribution in [2.24, 2.45) is 5.41 Å². The van der Waals surface area contributed by atoms with Crippen LogP contribution in [0.25, 0.3) is 0 Å². The van der Waals surface area contributed by atoms with Crippen LogP contribution < -0.4 is 10.6 Å². The normalized spacial score (nSPS) is 14.7. The van der Waals surface area contributed by atoms with Crippen LogP contribution in [0, 0.1) is 34.5 Å². The second-order valence-corrected chi connectivity index (χ2v) is 5.84. The van der Waals surface area contributed by atoms with E-state index in [2.05, 4.69) is 5.32 Å². The van der Waals surface area contributed by atoms with Gasteiger partial charge >= 0.3 is 0 Å². The van der Waals surface area contributed by atoms with E-state index in [-0.39, 0.29) is 18.5 Å². The van der Waals surface area contributed by atoms with Gasteiger partial charge in [-0.25, -0.2) is 22.0 Å². The van der Waals surface area contributed by atoms with Gasteiger partial charge in [0.2, 0.25) is 11.8 Å². The van der Waals surface area contributed by atoms with Crippen LogP contribution in [0.3, 0.4) is 0 Å². The quantitative estimate of drug-likeness (QED) is 0.489. The molecule has 1 fully saturated rings. The molecule has 2 aromatic carbocycles. The molecule has 4 nitrogen and oxygen atoms in total. The minimum Gasteiger partial charge on any atom is -0.323 e. The topological polar surface area (TPSA) is 58.2 Å². The summed E-state index contributed by atoms with van der Waals surface area (Å²) in [5.74, 6) is -8.46. The van der Waals surface area contributed by atoms with Crippen LogP contribution in [0.2, 0.25) is 0 Å². The third kappa shape index (κ3) is 3.12. The van der Waals surface area contributed by atoms with Gasteiger partial charge in [-0.15, -0.1) is 0 Å². The third-order valence-corrected chi connectivity index (χ3v) is 4.08. The summed E-state index contributed by atoms with van der Waals surface area (Å²) in [6, 6.07) is 3.92. The molecular weight excluding hydrogens is 359 g/mol. The monoisotopic (exact) mass is 370 g/mol. The molecule has 0 unspecified atom stereocenters. The zero-order valence-electron chi connectivity index (χ0n) is 13.0. The highest BCUT2D eigenvalue weighted by Crippen LogP contribution is 2.47. The number of halogens is 5. The predicted octanol–water partition coefficient (Wildman–Crippen LogP) is 3.74. The van der Waals surface area contributed by atoms with E-state index >= 15 is 0 Å². The van der Waals surface area contributed by atoms with Gasteiger partial charge in [0, 0.05) is 6.07 Å². The average Bonchev–Trinajstić information content (AvgIpc) is 3.40. The molecule has 2 N–H and O–H groups in total. The molecule has 0 aliphatic heterocycles. The van der Waals surface area contributed by atoms with Crippen molar-refractivity contribution in [1.29, 1.82) is 0 Å². The van der Waals surface area contributed by atoms with Crippen LogP contribution in [0.4, 0.5) is 33.3 Å². The Kier molecular flexibility index (Phi) is 4.39. The number of carbonyl (C=O) groups is 2. The van der Waals surface area contributed by atoms with Crippen molar-refractivity contribution in [2.75, 3.05) is 10.6 Å². The molecule has 1 aliphatic carbocycles. The van der Waals surface area contributed by atoms with Gasteiger partial charge in [0.15, 0.2) is 17.5 Å². The Labute approximate surface area is 144 Å².